The second kappa shape index (κ2) is 10.8. The van der Waals surface area contributed by atoms with E-state index in [9.17, 15) is 31.1 Å². The molecule has 0 atom stereocenters. The van der Waals surface area contributed by atoms with E-state index < -0.39 is 35.1 Å². The minimum atomic E-state index is -4.93. The van der Waals surface area contributed by atoms with Gasteiger partial charge in [0.25, 0.3) is 5.91 Å². The maximum atomic E-state index is 15.0. The van der Waals surface area contributed by atoms with E-state index in [2.05, 4.69) is 10.1 Å². The van der Waals surface area contributed by atoms with E-state index in [1.54, 1.807) is 28.0 Å². The van der Waals surface area contributed by atoms with Crippen LogP contribution in [0.5, 0.6) is 0 Å². The number of halogens is 6. The van der Waals surface area contributed by atoms with Gasteiger partial charge in [0.1, 0.15) is 5.82 Å². The van der Waals surface area contributed by atoms with Gasteiger partial charge in [-0.05, 0) is 67.3 Å². The van der Waals surface area contributed by atoms with Crippen LogP contribution in [0.2, 0.25) is 0 Å². The molecule has 0 saturated carbocycles. The molecular formula is C30H23F6N5OS. The SMILES string of the molecule is Cc1cc2c(c(F)c1F)N(C1CCN(C(=O)c3cc(-c4cccnc4)n(-c4ccc(F)c(C(F)(F)F)c4)n3)CC1)C(=S)C2. The Morgan fingerprint density at radius 3 is 2.44 bits per heavy atom. The van der Waals surface area contributed by atoms with E-state index in [0.717, 1.165) is 10.7 Å². The Morgan fingerprint density at radius 1 is 1.02 bits per heavy atom. The van der Waals surface area contributed by atoms with Gasteiger partial charge in [-0.3, -0.25) is 9.78 Å². The summed E-state index contributed by atoms with van der Waals surface area (Å²) in [7, 11) is 0. The summed E-state index contributed by atoms with van der Waals surface area (Å²) in [5.74, 6) is -3.73. The molecule has 4 aromatic rings. The standard InChI is InChI=1S/C30H23F6N5OS/c1-16-11-18-12-25(43)40(28(18)27(33)26(16)32)19-6-9-39(10-7-19)29(42)23-14-24(17-3-2-8-37-15-17)41(38-23)20-4-5-22(31)21(13-20)30(34,35)36/h2-5,8,11,13-15,19H,6-7,9-10,12H2,1H3. The van der Waals surface area contributed by atoms with Crippen LogP contribution in [-0.4, -0.2) is 49.7 Å². The lowest BCUT2D eigenvalue weighted by Gasteiger charge is -2.37. The lowest BCUT2D eigenvalue weighted by Crippen LogP contribution is -2.48. The van der Waals surface area contributed by atoms with Crippen LogP contribution in [0.4, 0.5) is 32.0 Å². The molecule has 222 valence electrons. The van der Waals surface area contributed by atoms with E-state index >= 15 is 0 Å². The summed E-state index contributed by atoms with van der Waals surface area (Å²) in [6.45, 7) is 2.02. The van der Waals surface area contributed by atoms with Gasteiger partial charge in [-0.15, -0.1) is 0 Å². The van der Waals surface area contributed by atoms with Gasteiger partial charge in [-0.1, -0.05) is 18.3 Å². The molecule has 6 rings (SSSR count). The molecule has 0 radical (unpaired) electrons. The van der Waals surface area contributed by atoms with Gasteiger partial charge in [-0.25, -0.2) is 17.9 Å². The summed E-state index contributed by atoms with van der Waals surface area (Å²) in [5.41, 5.74) is 0.186. The van der Waals surface area contributed by atoms with Crippen molar-refractivity contribution in [1.82, 2.24) is 19.7 Å². The van der Waals surface area contributed by atoms with Gasteiger partial charge in [0, 0.05) is 43.5 Å². The van der Waals surface area contributed by atoms with Crippen molar-refractivity contribution in [2.24, 2.45) is 0 Å². The second-order valence-corrected chi connectivity index (χ2v) is 11.0. The molecular weight excluding hydrogens is 592 g/mol. The number of benzene rings is 2. The van der Waals surface area contributed by atoms with E-state index in [-0.39, 0.29) is 47.5 Å². The number of thiocarbonyl (C=S) groups is 1. The van der Waals surface area contributed by atoms with Gasteiger partial charge in [0.15, 0.2) is 17.3 Å². The number of aromatic nitrogens is 3. The van der Waals surface area contributed by atoms with Crippen molar-refractivity contribution < 1.29 is 31.1 Å². The molecule has 43 heavy (non-hydrogen) atoms. The van der Waals surface area contributed by atoms with Crippen LogP contribution >= 0.6 is 12.2 Å². The molecule has 4 heterocycles. The number of amides is 1. The van der Waals surface area contributed by atoms with Crippen molar-refractivity contribution in [3.8, 4) is 16.9 Å². The molecule has 6 nitrogen and oxygen atoms in total. The molecule has 2 aliphatic heterocycles. The Kier molecular flexibility index (Phi) is 7.23. The molecule has 0 N–H and O–H groups in total. The Hall–Kier alpha value is -4.26. The first-order valence-corrected chi connectivity index (χ1v) is 13.8. The van der Waals surface area contributed by atoms with Gasteiger partial charge in [-0.2, -0.15) is 18.3 Å². The summed E-state index contributed by atoms with van der Waals surface area (Å²) in [6, 6.07) is 8.59. The molecule has 0 unspecified atom stereocenters. The van der Waals surface area contributed by atoms with Crippen LogP contribution in [0.15, 0.2) is 54.9 Å². The van der Waals surface area contributed by atoms with Crippen molar-refractivity contribution >= 4 is 28.8 Å². The van der Waals surface area contributed by atoms with Crippen molar-refractivity contribution in [3.63, 3.8) is 0 Å². The molecule has 2 aliphatic rings. The summed E-state index contributed by atoms with van der Waals surface area (Å²) < 4.78 is 84.9. The number of piperidine rings is 1. The highest BCUT2D eigenvalue weighted by Crippen LogP contribution is 2.39. The molecule has 0 aliphatic carbocycles. The summed E-state index contributed by atoms with van der Waals surface area (Å²) >= 11 is 5.52. The normalized spacial score (nSPS) is 15.7. The topological polar surface area (TPSA) is 54.3 Å². The quantitative estimate of drug-likeness (QED) is 0.190. The number of anilines is 1. The van der Waals surface area contributed by atoms with Crippen molar-refractivity contribution in [1.29, 1.82) is 0 Å². The maximum Gasteiger partial charge on any atom is 0.419 e. The Morgan fingerprint density at radius 2 is 1.77 bits per heavy atom. The fourth-order valence-corrected chi connectivity index (χ4v) is 6.11. The first-order chi connectivity index (χ1) is 20.4. The number of rotatable bonds is 4. The number of carbonyl (C=O) groups is 1. The van der Waals surface area contributed by atoms with Crippen LogP contribution in [0.25, 0.3) is 16.9 Å². The van der Waals surface area contributed by atoms with Crippen LogP contribution < -0.4 is 4.90 Å². The molecule has 13 heteroatoms. The Bertz CT molecular complexity index is 1750. The van der Waals surface area contributed by atoms with Crippen molar-refractivity contribution in [2.45, 2.75) is 38.4 Å². The van der Waals surface area contributed by atoms with Gasteiger partial charge in [0.05, 0.1) is 27.6 Å². The highest BCUT2D eigenvalue weighted by molar-refractivity contribution is 7.80. The van der Waals surface area contributed by atoms with Crippen LogP contribution in [0.3, 0.4) is 0 Å². The minimum absolute atomic E-state index is 0.0270. The van der Waals surface area contributed by atoms with Crippen LogP contribution in [0, 0.1) is 24.4 Å². The van der Waals surface area contributed by atoms with Crippen molar-refractivity contribution in [3.05, 3.63) is 94.7 Å². The fraction of sp³-hybridized carbons (Fsp3) is 0.267. The summed E-state index contributed by atoms with van der Waals surface area (Å²) in [5, 5.41) is 4.34. The van der Waals surface area contributed by atoms with E-state index in [0.29, 0.717) is 47.5 Å². The zero-order chi connectivity index (χ0) is 30.6. The lowest BCUT2D eigenvalue weighted by atomic mass is 10.0. The number of hydrogen-bond donors (Lipinski definition) is 0. The predicted molar refractivity (Wildman–Crippen MR) is 151 cm³/mol. The third kappa shape index (κ3) is 5.15. The number of carbonyl (C=O) groups excluding carboxylic acids is 1. The number of nitrogens with zero attached hydrogens (tertiary/aromatic N) is 5. The number of hydrogen-bond acceptors (Lipinski definition) is 4. The molecule has 1 amide bonds. The first kappa shape index (κ1) is 28.8. The fourth-order valence-electron chi connectivity index (χ4n) is 5.72. The van der Waals surface area contributed by atoms with Gasteiger partial charge in [0.2, 0.25) is 0 Å². The molecule has 0 bridgehead atoms. The minimum Gasteiger partial charge on any atom is -0.337 e. The number of pyridine rings is 1. The number of likely N-dealkylation sites (tertiary alicyclic amines) is 1. The Labute approximate surface area is 247 Å². The van der Waals surface area contributed by atoms with E-state index in [1.165, 1.54) is 25.4 Å². The highest BCUT2D eigenvalue weighted by atomic mass is 32.1. The monoisotopic (exact) mass is 615 g/mol. The summed E-state index contributed by atoms with van der Waals surface area (Å²) in [6.07, 6.45) is -0.771. The zero-order valence-electron chi connectivity index (χ0n) is 22.6. The third-order valence-corrected chi connectivity index (χ3v) is 8.14. The number of alkyl halides is 3. The van der Waals surface area contributed by atoms with Gasteiger partial charge < -0.3 is 9.80 Å². The summed E-state index contributed by atoms with van der Waals surface area (Å²) in [4.78, 5) is 21.3. The molecule has 0 spiro atoms. The van der Waals surface area contributed by atoms with E-state index in [4.69, 9.17) is 12.2 Å². The maximum absolute atomic E-state index is 15.0. The lowest BCUT2D eigenvalue weighted by molar-refractivity contribution is -0.140. The molecule has 1 saturated heterocycles. The Balaban J connectivity index is 1.27. The molecule has 1 fully saturated rings. The number of fused-ring (bicyclic) bond motifs is 1. The van der Waals surface area contributed by atoms with E-state index in [1.807, 2.05) is 0 Å². The average molecular weight is 616 g/mol. The highest BCUT2D eigenvalue weighted by Gasteiger charge is 2.38. The second-order valence-electron chi connectivity index (χ2n) is 10.5. The smallest absolute Gasteiger partial charge is 0.337 e. The zero-order valence-corrected chi connectivity index (χ0v) is 23.4. The van der Waals surface area contributed by atoms with Crippen molar-refractivity contribution in [2.75, 3.05) is 18.0 Å². The average Bonchev–Trinajstić information content (AvgIpc) is 3.57. The first-order valence-electron chi connectivity index (χ1n) is 13.4. The van der Waals surface area contributed by atoms with Crippen LogP contribution in [-0.2, 0) is 12.6 Å². The largest absolute Gasteiger partial charge is 0.419 e. The predicted octanol–water partition coefficient (Wildman–Crippen LogP) is 6.67. The third-order valence-electron chi connectivity index (χ3n) is 7.80. The van der Waals surface area contributed by atoms with Gasteiger partial charge >= 0.3 is 6.18 Å². The number of aryl methyl sites for hydroxylation is 1. The van der Waals surface area contributed by atoms with Crippen LogP contribution in [0.1, 0.15) is 40.0 Å². The molecule has 2 aromatic heterocycles. The molecule has 2 aromatic carbocycles.